The number of hydrogen-bond donors (Lipinski definition) is 0. The van der Waals surface area contributed by atoms with E-state index < -0.39 is 0 Å². The monoisotopic (exact) mass is 767 g/mol. The molecule has 0 N–H and O–H groups in total. The smallest absolute Gasteiger partial charge is 0.143 e. The van der Waals surface area contributed by atoms with Crippen molar-refractivity contribution < 1.29 is 4.42 Å². The average Bonchev–Trinajstić information content (AvgIpc) is 3.98. The predicted molar refractivity (Wildman–Crippen MR) is 252 cm³/mol. The number of nitrogens with zero attached hydrogens (tertiary/aromatic N) is 1. The number of rotatable bonds is 4. The fourth-order valence-corrected chi connectivity index (χ4v) is 10.7. The summed E-state index contributed by atoms with van der Waals surface area (Å²) in [6, 6.07) is 73.3. The van der Waals surface area contributed by atoms with Gasteiger partial charge in [-0.3, -0.25) is 0 Å². The SMILES string of the molecule is c1ccc(-c2cccc(-c3cccc4c3sc3ccc(-c5ccc6c(c5)c5ccccc5n6-c5ccc6cc7c(ccc8c9ccccc9oc78)cc6c5)cc34)c2)cc1. The van der Waals surface area contributed by atoms with Crippen LogP contribution in [0.15, 0.2) is 205 Å². The highest BCUT2D eigenvalue weighted by molar-refractivity contribution is 7.26. The van der Waals surface area contributed by atoms with Gasteiger partial charge in [-0.2, -0.15) is 0 Å². The van der Waals surface area contributed by atoms with Gasteiger partial charge in [-0.25, -0.2) is 0 Å². The van der Waals surface area contributed by atoms with Crippen LogP contribution in [0.2, 0.25) is 0 Å². The molecule has 0 saturated heterocycles. The number of thiophene rings is 1. The highest BCUT2D eigenvalue weighted by Crippen LogP contribution is 2.43. The van der Waals surface area contributed by atoms with Gasteiger partial charge >= 0.3 is 0 Å². The topological polar surface area (TPSA) is 18.1 Å². The van der Waals surface area contributed by atoms with Crippen molar-refractivity contribution in [1.82, 2.24) is 4.57 Å². The van der Waals surface area contributed by atoms with Crippen LogP contribution in [0.4, 0.5) is 0 Å². The minimum Gasteiger partial charge on any atom is -0.455 e. The number of hydrogen-bond acceptors (Lipinski definition) is 2. The van der Waals surface area contributed by atoms with Gasteiger partial charge in [0, 0.05) is 52.8 Å². The predicted octanol–water partition coefficient (Wildman–Crippen LogP) is 16.4. The van der Waals surface area contributed by atoms with Crippen LogP contribution in [0.3, 0.4) is 0 Å². The molecule has 0 bridgehead atoms. The van der Waals surface area contributed by atoms with Crippen LogP contribution >= 0.6 is 11.3 Å². The molecule has 0 amide bonds. The Morgan fingerprint density at radius 1 is 0.356 bits per heavy atom. The fourth-order valence-electron chi connectivity index (χ4n) is 9.51. The molecule has 0 aliphatic heterocycles. The molecule has 0 fully saturated rings. The van der Waals surface area contributed by atoms with Crippen LogP contribution in [0.1, 0.15) is 0 Å². The Balaban J connectivity index is 0.915. The van der Waals surface area contributed by atoms with Crippen LogP contribution in [0.5, 0.6) is 0 Å². The molecule has 13 rings (SSSR count). The normalized spacial score (nSPS) is 12.1. The number of aromatic nitrogens is 1. The molecule has 0 aliphatic carbocycles. The van der Waals surface area contributed by atoms with Gasteiger partial charge in [0.1, 0.15) is 11.2 Å². The Labute approximate surface area is 343 Å². The lowest BCUT2D eigenvalue weighted by molar-refractivity contribution is 0.672. The van der Waals surface area contributed by atoms with Crippen LogP contribution < -0.4 is 0 Å². The zero-order valence-corrected chi connectivity index (χ0v) is 32.6. The molecule has 3 aromatic heterocycles. The molecule has 3 heteroatoms. The molecule has 13 aromatic rings. The molecule has 59 heavy (non-hydrogen) atoms. The van der Waals surface area contributed by atoms with E-state index in [9.17, 15) is 0 Å². The number of para-hydroxylation sites is 2. The van der Waals surface area contributed by atoms with Gasteiger partial charge in [0.05, 0.1) is 11.0 Å². The molecule has 10 aromatic carbocycles. The quantitative estimate of drug-likeness (QED) is 0.163. The molecule has 274 valence electrons. The maximum absolute atomic E-state index is 6.41. The third-order valence-corrected chi connectivity index (χ3v) is 13.6. The molecule has 0 atom stereocenters. The molecule has 0 radical (unpaired) electrons. The Bertz CT molecular complexity index is 3850. The summed E-state index contributed by atoms with van der Waals surface area (Å²) in [4.78, 5) is 0. The maximum Gasteiger partial charge on any atom is 0.143 e. The number of furan rings is 1. The van der Waals surface area contributed by atoms with Crippen molar-refractivity contribution in [2.75, 3.05) is 0 Å². The standard InChI is InChI=1S/C56H33NOS/c1-2-10-34(11-3-1)35-12-8-13-39(28-35)43-16-9-17-47-50-33-37(23-27-54(50)59-56(43)47)36-22-26-52-49(32-36)44-14-4-6-18-51(44)57(52)42-24-20-38-31-48-40(29-41(38)30-42)21-25-46-45-15-5-7-19-53(45)58-55(46)48/h1-33H. The summed E-state index contributed by atoms with van der Waals surface area (Å²) in [5.74, 6) is 0. The van der Waals surface area contributed by atoms with Gasteiger partial charge in [0.15, 0.2) is 0 Å². The molecule has 2 nitrogen and oxygen atoms in total. The first-order chi connectivity index (χ1) is 29.2. The molecule has 0 spiro atoms. The van der Waals surface area contributed by atoms with Crippen molar-refractivity contribution in [3.05, 3.63) is 200 Å². The Morgan fingerprint density at radius 3 is 2.00 bits per heavy atom. The van der Waals surface area contributed by atoms with E-state index in [1.165, 1.54) is 91.5 Å². The molecular formula is C56H33NOS. The van der Waals surface area contributed by atoms with Crippen molar-refractivity contribution in [3.8, 4) is 39.1 Å². The summed E-state index contributed by atoms with van der Waals surface area (Å²) in [6.45, 7) is 0. The van der Waals surface area contributed by atoms with E-state index in [0.29, 0.717) is 0 Å². The second kappa shape index (κ2) is 12.5. The second-order valence-electron chi connectivity index (χ2n) is 15.7. The van der Waals surface area contributed by atoms with Crippen LogP contribution in [-0.2, 0) is 0 Å². The van der Waals surface area contributed by atoms with Gasteiger partial charge in [0.2, 0.25) is 0 Å². The Morgan fingerprint density at radius 2 is 1.07 bits per heavy atom. The van der Waals surface area contributed by atoms with Gasteiger partial charge in [-0.05, 0) is 122 Å². The fraction of sp³-hybridized carbons (Fsp3) is 0. The third kappa shape index (κ3) is 4.99. The van der Waals surface area contributed by atoms with E-state index >= 15 is 0 Å². The molecule has 0 saturated carbocycles. The molecular weight excluding hydrogens is 735 g/mol. The Kier molecular flexibility index (Phi) is 6.92. The summed E-state index contributed by atoms with van der Waals surface area (Å²) in [5, 5.41) is 12.1. The average molecular weight is 768 g/mol. The summed E-state index contributed by atoms with van der Waals surface area (Å²) in [6.07, 6.45) is 0. The second-order valence-corrected chi connectivity index (χ2v) is 16.7. The van der Waals surface area contributed by atoms with E-state index in [-0.39, 0.29) is 0 Å². The van der Waals surface area contributed by atoms with Crippen molar-refractivity contribution in [1.29, 1.82) is 0 Å². The molecule has 0 unspecified atom stereocenters. The van der Waals surface area contributed by atoms with E-state index in [1.54, 1.807) is 0 Å². The first kappa shape index (κ1) is 32.6. The first-order valence-corrected chi connectivity index (χ1v) is 21.0. The zero-order chi connectivity index (χ0) is 38.6. The number of fused-ring (bicyclic) bond motifs is 12. The van der Waals surface area contributed by atoms with E-state index in [1.807, 2.05) is 17.4 Å². The lowest BCUT2D eigenvalue weighted by Gasteiger charge is -2.11. The zero-order valence-electron chi connectivity index (χ0n) is 31.8. The first-order valence-electron chi connectivity index (χ1n) is 20.1. The summed E-state index contributed by atoms with van der Waals surface area (Å²) < 4.78 is 11.5. The molecule has 0 aliphatic rings. The van der Waals surface area contributed by atoms with Gasteiger partial charge in [-0.1, -0.05) is 127 Å². The van der Waals surface area contributed by atoms with Gasteiger partial charge in [-0.15, -0.1) is 11.3 Å². The lowest BCUT2D eigenvalue weighted by Crippen LogP contribution is -1.94. The highest BCUT2D eigenvalue weighted by atomic mass is 32.1. The highest BCUT2D eigenvalue weighted by Gasteiger charge is 2.17. The minimum absolute atomic E-state index is 0.927. The summed E-state index contributed by atoms with van der Waals surface area (Å²) in [7, 11) is 0. The third-order valence-electron chi connectivity index (χ3n) is 12.3. The van der Waals surface area contributed by atoms with Gasteiger partial charge < -0.3 is 8.98 Å². The largest absolute Gasteiger partial charge is 0.455 e. The Hall–Kier alpha value is -7.46. The molecule has 3 heterocycles. The van der Waals surface area contributed by atoms with Crippen LogP contribution in [-0.4, -0.2) is 4.57 Å². The maximum atomic E-state index is 6.41. The van der Waals surface area contributed by atoms with Crippen molar-refractivity contribution >= 4 is 96.8 Å². The van der Waals surface area contributed by atoms with Crippen LogP contribution in [0, 0.1) is 0 Å². The summed E-state index contributed by atoms with van der Waals surface area (Å²) in [5.41, 5.74) is 12.9. The van der Waals surface area contributed by atoms with Crippen molar-refractivity contribution in [3.63, 3.8) is 0 Å². The van der Waals surface area contributed by atoms with Gasteiger partial charge in [0.25, 0.3) is 0 Å². The van der Waals surface area contributed by atoms with E-state index in [4.69, 9.17) is 4.42 Å². The lowest BCUT2D eigenvalue weighted by atomic mass is 9.97. The van der Waals surface area contributed by atoms with E-state index in [0.717, 1.165) is 33.0 Å². The van der Waals surface area contributed by atoms with Crippen molar-refractivity contribution in [2.24, 2.45) is 0 Å². The van der Waals surface area contributed by atoms with E-state index in [2.05, 4.69) is 199 Å². The minimum atomic E-state index is 0.927. The van der Waals surface area contributed by atoms with Crippen molar-refractivity contribution in [2.45, 2.75) is 0 Å². The summed E-state index contributed by atoms with van der Waals surface area (Å²) >= 11 is 1.89. The number of benzene rings is 10. The van der Waals surface area contributed by atoms with Crippen LogP contribution in [0.25, 0.3) is 125 Å².